The van der Waals surface area contributed by atoms with Crippen molar-refractivity contribution in [2.75, 3.05) is 13.1 Å². The topological polar surface area (TPSA) is 73.5 Å². The van der Waals surface area contributed by atoms with Crippen LogP contribution in [0.5, 0.6) is 0 Å². The summed E-state index contributed by atoms with van der Waals surface area (Å²) >= 11 is 0. The average Bonchev–Trinajstić information content (AvgIpc) is 3.36. The van der Waals surface area contributed by atoms with Gasteiger partial charge in [-0.15, -0.1) is 0 Å². The molecule has 6 nitrogen and oxygen atoms in total. The van der Waals surface area contributed by atoms with Gasteiger partial charge in [-0.2, -0.15) is 5.10 Å². The summed E-state index contributed by atoms with van der Waals surface area (Å²) in [5, 5.41) is 7.38. The Morgan fingerprint density at radius 3 is 2.85 bits per heavy atom. The molecule has 0 amide bonds. The number of nitrogens with zero attached hydrogens (tertiary/aromatic N) is 4. The minimum absolute atomic E-state index is 0.778. The summed E-state index contributed by atoms with van der Waals surface area (Å²) in [6.07, 6.45) is 9.49. The lowest BCUT2D eigenvalue weighted by Crippen LogP contribution is -2.29. The Kier molecular flexibility index (Phi) is 4.18. The minimum atomic E-state index is 0.778. The fraction of sp³-hybridized carbons (Fsp3) is 0.286. The number of likely N-dealkylation sites (tertiary alicyclic amines) is 1. The molecule has 0 spiro atoms. The van der Waals surface area contributed by atoms with E-state index in [-0.39, 0.29) is 0 Å². The molecule has 5 rings (SSSR count). The molecule has 0 bridgehead atoms. The van der Waals surface area contributed by atoms with Crippen LogP contribution in [-0.4, -0.2) is 43.1 Å². The number of pyridine rings is 1. The van der Waals surface area contributed by atoms with Crippen LogP contribution in [-0.2, 0) is 6.54 Å². The third-order valence-electron chi connectivity index (χ3n) is 5.24. The van der Waals surface area contributed by atoms with Gasteiger partial charge in [0.25, 0.3) is 0 Å². The van der Waals surface area contributed by atoms with Crippen LogP contribution < -0.4 is 0 Å². The number of piperidine rings is 1. The van der Waals surface area contributed by atoms with Gasteiger partial charge in [-0.1, -0.05) is 18.6 Å². The van der Waals surface area contributed by atoms with Gasteiger partial charge in [0.05, 0.1) is 11.0 Å². The van der Waals surface area contributed by atoms with Crippen molar-refractivity contribution in [3.8, 4) is 22.6 Å². The standard InChI is InChI=1S/C21H22N6/c1-2-9-27(10-3-1)14-15-6-7-18-19(11-15)25-21(24-18)20-17(13-23-26-20)16-5-4-8-22-12-16/h4-8,11-13H,1-3,9-10,14H2,(H,23,26)(H,24,25). The van der Waals surface area contributed by atoms with E-state index >= 15 is 0 Å². The molecule has 1 saturated heterocycles. The van der Waals surface area contributed by atoms with E-state index in [1.165, 1.54) is 37.9 Å². The maximum absolute atomic E-state index is 4.82. The third-order valence-corrected chi connectivity index (χ3v) is 5.24. The predicted molar refractivity (Wildman–Crippen MR) is 106 cm³/mol. The molecular weight excluding hydrogens is 336 g/mol. The maximum atomic E-state index is 4.82. The lowest BCUT2D eigenvalue weighted by Gasteiger charge is -2.26. The number of imidazole rings is 1. The van der Waals surface area contributed by atoms with Crippen LogP contribution in [0.15, 0.2) is 48.9 Å². The number of hydrogen-bond acceptors (Lipinski definition) is 4. The molecule has 0 radical (unpaired) electrons. The maximum Gasteiger partial charge on any atom is 0.159 e. The molecule has 0 saturated carbocycles. The highest BCUT2D eigenvalue weighted by Gasteiger charge is 2.15. The zero-order chi connectivity index (χ0) is 18.1. The van der Waals surface area contributed by atoms with Crippen molar-refractivity contribution in [1.82, 2.24) is 30.0 Å². The molecule has 0 aliphatic carbocycles. The van der Waals surface area contributed by atoms with E-state index in [1.54, 1.807) is 6.20 Å². The van der Waals surface area contributed by atoms with E-state index in [0.29, 0.717) is 0 Å². The number of rotatable bonds is 4. The number of fused-ring (bicyclic) bond motifs is 1. The van der Waals surface area contributed by atoms with E-state index in [1.807, 2.05) is 24.5 Å². The fourth-order valence-corrected chi connectivity index (χ4v) is 3.85. The largest absolute Gasteiger partial charge is 0.337 e. The van der Waals surface area contributed by atoms with Gasteiger partial charge in [-0.3, -0.25) is 15.0 Å². The summed E-state index contributed by atoms with van der Waals surface area (Å²) in [6.45, 7) is 3.40. The molecule has 6 heteroatoms. The molecule has 0 atom stereocenters. The van der Waals surface area contributed by atoms with Crippen molar-refractivity contribution in [1.29, 1.82) is 0 Å². The second kappa shape index (κ2) is 6.96. The van der Waals surface area contributed by atoms with Crippen molar-refractivity contribution in [2.24, 2.45) is 0 Å². The van der Waals surface area contributed by atoms with Gasteiger partial charge in [-0.05, 0) is 49.7 Å². The van der Waals surface area contributed by atoms with Gasteiger partial charge >= 0.3 is 0 Å². The quantitative estimate of drug-likeness (QED) is 0.578. The molecule has 4 aromatic rings. The van der Waals surface area contributed by atoms with Gasteiger partial charge in [0.1, 0.15) is 5.69 Å². The zero-order valence-corrected chi connectivity index (χ0v) is 15.2. The fourth-order valence-electron chi connectivity index (χ4n) is 3.85. The number of aromatic amines is 2. The van der Waals surface area contributed by atoms with Crippen molar-refractivity contribution in [2.45, 2.75) is 25.8 Å². The molecular formula is C21H22N6. The first-order valence-corrected chi connectivity index (χ1v) is 9.52. The molecule has 136 valence electrons. The second-order valence-electron chi connectivity index (χ2n) is 7.16. The first-order valence-electron chi connectivity index (χ1n) is 9.52. The van der Waals surface area contributed by atoms with Crippen LogP contribution in [0.2, 0.25) is 0 Å². The number of nitrogens with one attached hydrogen (secondary N) is 2. The second-order valence-corrected chi connectivity index (χ2v) is 7.16. The highest BCUT2D eigenvalue weighted by molar-refractivity contribution is 5.83. The summed E-state index contributed by atoms with van der Waals surface area (Å²) in [5.74, 6) is 0.778. The van der Waals surface area contributed by atoms with Gasteiger partial charge in [-0.25, -0.2) is 4.98 Å². The van der Waals surface area contributed by atoms with Gasteiger partial charge in [0, 0.05) is 36.3 Å². The number of benzene rings is 1. The lowest BCUT2D eigenvalue weighted by atomic mass is 10.1. The van der Waals surface area contributed by atoms with E-state index in [4.69, 9.17) is 4.98 Å². The SMILES string of the molecule is c1cncc(-c2c[nH]nc2-c2nc3cc(CN4CCCCC4)ccc3[nH]2)c1. The molecule has 1 aromatic carbocycles. The monoisotopic (exact) mass is 358 g/mol. The van der Waals surface area contributed by atoms with E-state index in [2.05, 4.69) is 43.3 Å². The third kappa shape index (κ3) is 3.24. The van der Waals surface area contributed by atoms with Crippen molar-refractivity contribution in [3.63, 3.8) is 0 Å². The predicted octanol–water partition coefficient (Wildman–Crippen LogP) is 4.00. The van der Waals surface area contributed by atoms with E-state index in [0.717, 1.165) is 40.2 Å². The summed E-state index contributed by atoms with van der Waals surface area (Å²) in [6, 6.07) is 10.5. The molecule has 1 aliphatic heterocycles. The normalized spacial score (nSPS) is 15.4. The number of hydrogen-bond donors (Lipinski definition) is 2. The van der Waals surface area contributed by atoms with Crippen molar-refractivity contribution in [3.05, 3.63) is 54.5 Å². The van der Waals surface area contributed by atoms with Crippen LogP contribution in [0.4, 0.5) is 0 Å². The van der Waals surface area contributed by atoms with Gasteiger partial charge in [0.15, 0.2) is 5.82 Å². The molecule has 1 fully saturated rings. The number of aromatic nitrogens is 5. The smallest absolute Gasteiger partial charge is 0.159 e. The summed E-state index contributed by atoms with van der Waals surface area (Å²) in [5.41, 5.74) is 6.17. The van der Waals surface area contributed by atoms with Crippen molar-refractivity contribution < 1.29 is 0 Å². The molecule has 1 aliphatic rings. The molecule has 27 heavy (non-hydrogen) atoms. The minimum Gasteiger partial charge on any atom is -0.337 e. The Balaban J connectivity index is 1.46. The summed E-state index contributed by atoms with van der Waals surface area (Å²) < 4.78 is 0. The lowest BCUT2D eigenvalue weighted by molar-refractivity contribution is 0.221. The van der Waals surface area contributed by atoms with E-state index in [9.17, 15) is 0 Å². The van der Waals surface area contributed by atoms with Gasteiger partial charge in [0.2, 0.25) is 0 Å². The Morgan fingerprint density at radius 2 is 2.00 bits per heavy atom. The number of H-pyrrole nitrogens is 2. The molecule has 0 unspecified atom stereocenters. The van der Waals surface area contributed by atoms with Gasteiger partial charge < -0.3 is 4.98 Å². The first-order chi connectivity index (χ1) is 13.4. The Labute approximate surface area is 157 Å². The Hall–Kier alpha value is -2.99. The highest BCUT2D eigenvalue weighted by atomic mass is 15.1. The zero-order valence-electron chi connectivity index (χ0n) is 15.2. The Morgan fingerprint density at radius 1 is 1.07 bits per heavy atom. The summed E-state index contributed by atoms with van der Waals surface area (Å²) in [4.78, 5) is 15.0. The average molecular weight is 358 g/mol. The van der Waals surface area contributed by atoms with Crippen LogP contribution in [0.25, 0.3) is 33.7 Å². The van der Waals surface area contributed by atoms with Crippen LogP contribution >= 0.6 is 0 Å². The van der Waals surface area contributed by atoms with Crippen molar-refractivity contribution >= 4 is 11.0 Å². The van der Waals surface area contributed by atoms with Crippen LogP contribution in [0.1, 0.15) is 24.8 Å². The highest BCUT2D eigenvalue weighted by Crippen LogP contribution is 2.29. The van der Waals surface area contributed by atoms with E-state index < -0.39 is 0 Å². The van der Waals surface area contributed by atoms with Crippen LogP contribution in [0.3, 0.4) is 0 Å². The van der Waals surface area contributed by atoms with Crippen LogP contribution in [0, 0.1) is 0 Å². The molecule has 3 aromatic heterocycles. The molecule has 4 heterocycles. The molecule has 2 N–H and O–H groups in total. The summed E-state index contributed by atoms with van der Waals surface area (Å²) in [7, 11) is 0. The Bertz CT molecular complexity index is 1040. The first kappa shape index (κ1) is 16.2.